The molecule has 12 nitrogen and oxygen atoms in total. The van der Waals surface area contributed by atoms with Crippen molar-refractivity contribution in [3.8, 4) is 5.95 Å². The second kappa shape index (κ2) is 6.40. The second-order valence-corrected chi connectivity index (χ2v) is 5.50. The standard InChI is InChI=1S/C15H14N10O2/c1-8-11(13-22-19-9(2)24(13)23-8)20-21-12-10(14(26)27-3)7-18-25(12)15-16-5-4-6-17-15/h4-7,22H,1-3H3/b21-20+. The van der Waals surface area contributed by atoms with Gasteiger partial charge in [0.2, 0.25) is 0 Å². The van der Waals surface area contributed by atoms with Crippen LogP contribution >= 0.6 is 0 Å². The molecule has 0 saturated carbocycles. The number of esters is 1. The van der Waals surface area contributed by atoms with Gasteiger partial charge >= 0.3 is 5.97 Å². The molecule has 0 radical (unpaired) electrons. The van der Waals surface area contributed by atoms with Gasteiger partial charge in [-0.15, -0.1) is 10.2 Å². The van der Waals surface area contributed by atoms with Crippen LogP contribution in [0.15, 0.2) is 34.9 Å². The molecule has 0 aliphatic carbocycles. The number of nitrogens with one attached hydrogen (secondary N) is 1. The van der Waals surface area contributed by atoms with Gasteiger partial charge in [-0.3, -0.25) is 5.10 Å². The van der Waals surface area contributed by atoms with Gasteiger partial charge < -0.3 is 4.74 Å². The normalized spacial score (nSPS) is 11.5. The second-order valence-electron chi connectivity index (χ2n) is 5.50. The summed E-state index contributed by atoms with van der Waals surface area (Å²) in [6, 6.07) is 1.67. The first-order valence-corrected chi connectivity index (χ1v) is 7.86. The number of carbonyl (C=O) groups is 1. The zero-order valence-corrected chi connectivity index (χ0v) is 14.7. The van der Waals surface area contributed by atoms with Crippen molar-refractivity contribution < 1.29 is 9.53 Å². The van der Waals surface area contributed by atoms with Crippen LogP contribution in [0.4, 0.5) is 11.5 Å². The van der Waals surface area contributed by atoms with E-state index >= 15 is 0 Å². The van der Waals surface area contributed by atoms with Gasteiger partial charge in [-0.2, -0.15) is 24.5 Å². The highest BCUT2D eigenvalue weighted by Gasteiger charge is 2.21. The van der Waals surface area contributed by atoms with Crippen LogP contribution in [0.5, 0.6) is 0 Å². The van der Waals surface area contributed by atoms with Crippen molar-refractivity contribution in [2.75, 3.05) is 7.11 Å². The molecule has 0 bridgehead atoms. The van der Waals surface area contributed by atoms with Gasteiger partial charge in [0.1, 0.15) is 11.4 Å². The van der Waals surface area contributed by atoms with Crippen molar-refractivity contribution in [2.45, 2.75) is 13.8 Å². The first kappa shape index (κ1) is 16.5. The van der Waals surface area contributed by atoms with Crippen LogP contribution in [0.3, 0.4) is 0 Å². The number of H-pyrrole nitrogens is 1. The Bertz CT molecular complexity index is 1150. The summed E-state index contributed by atoms with van der Waals surface area (Å²) in [5.74, 6) is 0.479. The van der Waals surface area contributed by atoms with Crippen molar-refractivity contribution >= 4 is 23.1 Å². The maximum absolute atomic E-state index is 12.1. The third-order valence-electron chi connectivity index (χ3n) is 3.79. The van der Waals surface area contributed by atoms with Crippen LogP contribution < -0.4 is 0 Å². The zero-order valence-electron chi connectivity index (χ0n) is 14.7. The van der Waals surface area contributed by atoms with E-state index in [1.807, 2.05) is 6.92 Å². The highest BCUT2D eigenvalue weighted by atomic mass is 16.5. The van der Waals surface area contributed by atoms with E-state index in [0.717, 1.165) is 0 Å². The number of aryl methyl sites for hydroxylation is 2. The van der Waals surface area contributed by atoms with Crippen LogP contribution in [-0.2, 0) is 4.74 Å². The molecule has 4 aromatic heterocycles. The molecule has 0 aliphatic heterocycles. The number of rotatable bonds is 4. The minimum absolute atomic E-state index is 0.135. The van der Waals surface area contributed by atoms with Crippen molar-refractivity contribution in [1.82, 2.24) is 39.6 Å². The number of ether oxygens (including phenoxy) is 1. The van der Waals surface area contributed by atoms with Gasteiger partial charge in [-0.25, -0.2) is 14.8 Å². The number of aromatic nitrogens is 8. The van der Waals surface area contributed by atoms with Crippen molar-refractivity contribution in [3.63, 3.8) is 0 Å². The monoisotopic (exact) mass is 366 g/mol. The summed E-state index contributed by atoms with van der Waals surface area (Å²) in [6.45, 7) is 3.61. The number of aromatic amines is 1. The first-order valence-electron chi connectivity index (χ1n) is 7.86. The summed E-state index contributed by atoms with van der Waals surface area (Å²) >= 11 is 0. The van der Waals surface area contributed by atoms with E-state index < -0.39 is 5.97 Å². The number of hydrogen-bond donors (Lipinski definition) is 1. The first-order chi connectivity index (χ1) is 13.1. The Balaban J connectivity index is 1.84. The highest BCUT2D eigenvalue weighted by molar-refractivity contribution is 5.94. The van der Waals surface area contributed by atoms with Crippen molar-refractivity contribution in [3.05, 3.63) is 41.7 Å². The molecule has 0 fully saturated rings. The maximum Gasteiger partial charge on any atom is 0.343 e. The number of hydrogen-bond acceptors (Lipinski definition) is 9. The Hall–Kier alpha value is -3.96. The lowest BCUT2D eigenvalue weighted by Gasteiger charge is -2.02. The molecule has 0 amide bonds. The van der Waals surface area contributed by atoms with E-state index in [1.54, 1.807) is 29.9 Å². The molecule has 4 rings (SSSR count). The fourth-order valence-corrected chi connectivity index (χ4v) is 2.49. The van der Waals surface area contributed by atoms with Gasteiger partial charge in [0, 0.05) is 12.4 Å². The van der Waals surface area contributed by atoms with E-state index in [-0.39, 0.29) is 17.3 Å². The third-order valence-corrected chi connectivity index (χ3v) is 3.79. The summed E-state index contributed by atoms with van der Waals surface area (Å²) in [5, 5.41) is 23.9. The molecule has 27 heavy (non-hydrogen) atoms. The summed E-state index contributed by atoms with van der Waals surface area (Å²) in [7, 11) is 1.28. The van der Waals surface area contributed by atoms with Crippen molar-refractivity contribution in [2.24, 2.45) is 10.2 Å². The third kappa shape index (κ3) is 2.72. The largest absolute Gasteiger partial charge is 0.465 e. The van der Waals surface area contributed by atoms with Gasteiger partial charge in [0.25, 0.3) is 5.95 Å². The lowest BCUT2D eigenvalue weighted by atomic mass is 10.3. The van der Waals surface area contributed by atoms with Gasteiger partial charge in [0.15, 0.2) is 17.2 Å². The average Bonchev–Trinajstić information content (AvgIpc) is 3.35. The van der Waals surface area contributed by atoms with Gasteiger partial charge in [-0.05, 0) is 19.9 Å². The van der Waals surface area contributed by atoms with Crippen molar-refractivity contribution in [1.29, 1.82) is 0 Å². The molecule has 0 aromatic carbocycles. The molecule has 0 aliphatic rings. The highest BCUT2D eigenvalue weighted by Crippen LogP contribution is 2.28. The minimum atomic E-state index is -0.597. The number of fused-ring (bicyclic) bond motifs is 1. The van der Waals surface area contributed by atoms with Crippen LogP contribution in [0.25, 0.3) is 11.6 Å². The zero-order chi connectivity index (χ0) is 19.0. The fraction of sp³-hybridized carbons (Fsp3) is 0.200. The van der Waals surface area contributed by atoms with E-state index in [2.05, 4.69) is 40.6 Å². The summed E-state index contributed by atoms with van der Waals surface area (Å²) < 4.78 is 7.73. The molecule has 0 unspecified atom stereocenters. The Labute approximate surface area is 151 Å². The van der Waals surface area contributed by atoms with E-state index in [4.69, 9.17) is 4.74 Å². The fourth-order valence-electron chi connectivity index (χ4n) is 2.49. The Morgan fingerprint density at radius 2 is 2.00 bits per heavy atom. The van der Waals surface area contributed by atoms with Crippen LogP contribution in [0.1, 0.15) is 21.9 Å². The summed E-state index contributed by atoms with van der Waals surface area (Å²) in [6.07, 6.45) is 4.44. The number of azo groups is 1. The number of carbonyl (C=O) groups excluding carboxylic acids is 1. The number of methoxy groups -OCH3 is 1. The van der Waals surface area contributed by atoms with Crippen LogP contribution in [-0.4, -0.2) is 52.6 Å². The number of nitrogens with zero attached hydrogens (tertiary/aromatic N) is 9. The summed E-state index contributed by atoms with van der Waals surface area (Å²) in [4.78, 5) is 20.3. The predicted octanol–water partition coefficient (Wildman–Crippen LogP) is 1.85. The molecule has 0 atom stereocenters. The van der Waals surface area contributed by atoms with Gasteiger partial charge in [0.05, 0.1) is 19.0 Å². The van der Waals surface area contributed by atoms with Crippen LogP contribution in [0.2, 0.25) is 0 Å². The molecule has 0 spiro atoms. The molecule has 136 valence electrons. The Morgan fingerprint density at radius 3 is 2.74 bits per heavy atom. The molecular formula is C15H14N10O2. The maximum atomic E-state index is 12.1. The lowest BCUT2D eigenvalue weighted by Crippen LogP contribution is -2.03. The molecular weight excluding hydrogens is 352 g/mol. The molecule has 4 heterocycles. The Kier molecular flexibility index (Phi) is 3.91. The quantitative estimate of drug-likeness (QED) is 0.429. The van der Waals surface area contributed by atoms with E-state index in [0.29, 0.717) is 22.9 Å². The average molecular weight is 366 g/mol. The lowest BCUT2D eigenvalue weighted by molar-refractivity contribution is 0.0601. The smallest absolute Gasteiger partial charge is 0.343 e. The minimum Gasteiger partial charge on any atom is -0.465 e. The van der Waals surface area contributed by atoms with Gasteiger partial charge in [-0.1, -0.05) is 0 Å². The Morgan fingerprint density at radius 1 is 1.22 bits per heavy atom. The van der Waals surface area contributed by atoms with E-state index in [1.165, 1.54) is 18.0 Å². The van der Waals surface area contributed by atoms with E-state index in [9.17, 15) is 4.79 Å². The SMILES string of the molecule is COC(=O)c1cnn(-c2ncccn2)c1/N=N/c1c(C)nn2c(C)n[nH]c12. The molecule has 12 heteroatoms. The molecule has 1 N–H and O–H groups in total. The topological polar surface area (TPSA) is 141 Å². The summed E-state index contributed by atoms with van der Waals surface area (Å²) in [5.41, 5.74) is 1.87. The van der Waals surface area contributed by atoms with Crippen LogP contribution in [0, 0.1) is 13.8 Å². The molecule has 0 saturated heterocycles. The predicted molar refractivity (Wildman–Crippen MR) is 91.5 cm³/mol. The molecule has 4 aromatic rings.